The quantitative estimate of drug-likeness (QED) is 0.326. The second kappa shape index (κ2) is 10.6. The largest absolute Gasteiger partial charge is 0.497 e. The molecule has 2 aromatic rings. The molecular weight excluding hydrogens is 472 g/mol. The molecule has 2 fully saturated rings. The number of carbonyl (C=O) groups is 4. The molecule has 0 atom stereocenters. The molecule has 2 aromatic carbocycles. The topological polar surface area (TPSA) is 102 Å². The van der Waals surface area contributed by atoms with Crippen LogP contribution in [0.1, 0.15) is 28.8 Å². The molecule has 2 heterocycles. The maximum absolute atomic E-state index is 12.8. The van der Waals surface area contributed by atoms with Crippen LogP contribution >= 0.6 is 11.8 Å². The standard InChI is InChI=1S/C25H24N2O7S/c1-32-18-8-6-17(7-9-18)24(30)34-19-10-5-16(13-20(19)33-2)14-21-23(29)27(25(31)35-21)15-22(28)26-11-3-4-12-26/h5-10,13-14H,3-4,11-12,15H2,1-2H3/b21-14-. The Labute approximate surface area is 206 Å². The van der Waals surface area contributed by atoms with Crippen LogP contribution in [0.5, 0.6) is 17.2 Å². The van der Waals surface area contributed by atoms with Crippen LogP contribution in [0.2, 0.25) is 0 Å². The highest BCUT2D eigenvalue weighted by Gasteiger charge is 2.37. The Hall–Kier alpha value is -3.79. The summed E-state index contributed by atoms with van der Waals surface area (Å²) in [5.74, 6) is -0.202. The fraction of sp³-hybridized carbons (Fsp3) is 0.280. The lowest BCUT2D eigenvalue weighted by atomic mass is 10.1. The van der Waals surface area contributed by atoms with Gasteiger partial charge in [-0.3, -0.25) is 19.3 Å². The molecule has 0 aliphatic carbocycles. The first kappa shape index (κ1) is 24.3. The summed E-state index contributed by atoms with van der Waals surface area (Å²) >= 11 is 0.781. The van der Waals surface area contributed by atoms with Crippen LogP contribution in [-0.4, -0.2) is 66.7 Å². The van der Waals surface area contributed by atoms with Crippen LogP contribution in [-0.2, 0) is 9.59 Å². The number of methoxy groups -OCH3 is 2. The third-order valence-electron chi connectivity index (χ3n) is 5.64. The smallest absolute Gasteiger partial charge is 0.343 e. The Balaban J connectivity index is 1.46. The molecule has 0 bridgehead atoms. The van der Waals surface area contributed by atoms with Gasteiger partial charge in [0, 0.05) is 13.1 Å². The van der Waals surface area contributed by atoms with E-state index in [4.69, 9.17) is 14.2 Å². The fourth-order valence-electron chi connectivity index (χ4n) is 3.73. The van der Waals surface area contributed by atoms with Crippen molar-refractivity contribution in [3.63, 3.8) is 0 Å². The van der Waals surface area contributed by atoms with E-state index in [1.165, 1.54) is 14.2 Å². The first-order valence-corrected chi connectivity index (χ1v) is 11.8. The van der Waals surface area contributed by atoms with Gasteiger partial charge in [-0.05, 0) is 72.6 Å². The Morgan fingerprint density at radius 2 is 1.69 bits per heavy atom. The first-order chi connectivity index (χ1) is 16.9. The van der Waals surface area contributed by atoms with E-state index >= 15 is 0 Å². The number of hydrogen-bond acceptors (Lipinski definition) is 8. The average molecular weight is 497 g/mol. The highest BCUT2D eigenvalue weighted by molar-refractivity contribution is 8.18. The number of benzene rings is 2. The Kier molecular flexibility index (Phi) is 7.40. The van der Waals surface area contributed by atoms with Gasteiger partial charge < -0.3 is 19.1 Å². The van der Waals surface area contributed by atoms with E-state index in [0.29, 0.717) is 30.0 Å². The Morgan fingerprint density at radius 1 is 0.971 bits per heavy atom. The molecule has 0 aromatic heterocycles. The van der Waals surface area contributed by atoms with E-state index in [0.717, 1.165) is 29.5 Å². The van der Waals surface area contributed by atoms with Gasteiger partial charge >= 0.3 is 5.97 Å². The van der Waals surface area contributed by atoms with Gasteiger partial charge in [0.1, 0.15) is 12.3 Å². The second-order valence-corrected chi connectivity index (χ2v) is 8.88. The van der Waals surface area contributed by atoms with E-state index in [1.54, 1.807) is 53.4 Å². The maximum atomic E-state index is 12.8. The molecule has 3 amide bonds. The molecule has 0 N–H and O–H groups in total. The number of likely N-dealkylation sites (tertiary alicyclic amines) is 1. The molecule has 182 valence electrons. The summed E-state index contributed by atoms with van der Waals surface area (Å²) in [6.45, 7) is 1.05. The molecule has 2 saturated heterocycles. The lowest BCUT2D eigenvalue weighted by Gasteiger charge is -2.18. The molecule has 0 radical (unpaired) electrons. The maximum Gasteiger partial charge on any atom is 0.343 e. The highest BCUT2D eigenvalue weighted by Crippen LogP contribution is 2.35. The predicted molar refractivity (Wildman–Crippen MR) is 129 cm³/mol. The van der Waals surface area contributed by atoms with Gasteiger partial charge in [0.25, 0.3) is 11.1 Å². The van der Waals surface area contributed by atoms with Gasteiger partial charge in [-0.15, -0.1) is 0 Å². The van der Waals surface area contributed by atoms with Gasteiger partial charge in [-0.25, -0.2) is 4.79 Å². The van der Waals surface area contributed by atoms with Crippen molar-refractivity contribution in [3.8, 4) is 17.2 Å². The SMILES string of the molecule is COc1ccc(C(=O)Oc2ccc(/C=C3\SC(=O)N(CC(=O)N4CCCC4)C3=O)cc2OC)cc1. The van der Waals surface area contributed by atoms with Crippen molar-refractivity contribution >= 4 is 40.9 Å². The molecule has 4 rings (SSSR count). The zero-order chi connectivity index (χ0) is 24.9. The van der Waals surface area contributed by atoms with E-state index in [9.17, 15) is 19.2 Å². The van der Waals surface area contributed by atoms with Gasteiger partial charge in [-0.2, -0.15) is 0 Å². The summed E-state index contributed by atoms with van der Waals surface area (Å²) < 4.78 is 15.9. The van der Waals surface area contributed by atoms with Crippen molar-refractivity contribution in [2.45, 2.75) is 12.8 Å². The minimum absolute atomic E-state index is 0.203. The van der Waals surface area contributed by atoms with Crippen LogP contribution in [0.25, 0.3) is 6.08 Å². The number of amides is 3. The number of imide groups is 1. The predicted octanol–water partition coefficient (Wildman–Crippen LogP) is 3.58. The van der Waals surface area contributed by atoms with Crippen molar-refractivity contribution in [1.29, 1.82) is 0 Å². The van der Waals surface area contributed by atoms with E-state index in [1.807, 2.05) is 0 Å². The fourth-order valence-corrected chi connectivity index (χ4v) is 4.57. The minimum atomic E-state index is -0.567. The van der Waals surface area contributed by atoms with Crippen molar-refractivity contribution < 1.29 is 33.4 Å². The van der Waals surface area contributed by atoms with Crippen LogP contribution in [0, 0.1) is 0 Å². The molecule has 0 unspecified atom stereocenters. The number of carbonyl (C=O) groups excluding carboxylic acids is 4. The second-order valence-electron chi connectivity index (χ2n) is 7.88. The average Bonchev–Trinajstić information content (AvgIpc) is 3.50. The van der Waals surface area contributed by atoms with Gasteiger partial charge in [0.15, 0.2) is 11.5 Å². The number of thioether (sulfide) groups is 1. The molecule has 2 aliphatic heterocycles. The van der Waals surface area contributed by atoms with E-state index in [2.05, 4.69) is 0 Å². The summed E-state index contributed by atoms with van der Waals surface area (Å²) in [5.41, 5.74) is 0.913. The summed E-state index contributed by atoms with van der Waals surface area (Å²) in [6.07, 6.45) is 3.41. The molecule has 10 heteroatoms. The number of rotatable bonds is 7. The number of esters is 1. The summed E-state index contributed by atoms with van der Waals surface area (Å²) in [5, 5.41) is -0.481. The lowest BCUT2D eigenvalue weighted by Crippen LogP contribution is -2.40. The van der Waals surface area contributed by atoms with Gasteiger partial charge in [0.05, 0.1) is 24.7 Å². The summed E-state index contributed by atoms with van der Waals surface area (Å²) in [6, 6.07) is 11.3. The summed E-state index contributed by atoms with van der Waals surface area (Å²) in [7, 11) is 2.97. The normalized spacial score (nSPS) is 16.7. The van der Waals surface area contributed by atoms with Gasteiger partial charge in [0.2, 0.25) is 5.91 Å². The van der Waals surface area contributed by atoms with Gasteiger partial charge in [-0.1, -0.05) is 6.07 Å². The van der Waals surface area contributed by atoms with E-state index in [-0.39, 0.29) is 28.9 Å². The zero-order valence-electron chi connectivity index (χ0n) is 19.3. The molecule has 9 nitrogen and oxygen atoms in total. The molecular formula is C25H24N2O7S. The van der Waals surface area contributed by atoms with Crippen molar-refractivity contribution in [2.75, 3.05) is 33.9 Å². The molecule has 0 saturated carbocycles. The van der Waals surface area contributed by atoms with E-state index < -0.39 is 17.1 Å². The highest BCUT2D eigenvalue weighted by atomic mass is 32.2. The van der Waals surface area contributed by atoms with Crippen LogP contribution in [0.15, 0.2) is 47.4 Å². The monoisotopic (exact) mass is 496 g/mol. The number of nitrogens with zero attached hydrogens (tertiary/aromatic N) is 2. The van der Waals surface area contributed by atoms with Crippen LogP contribution in [0.3, 0.4) is 0 Å². The first-order valence-electron chi connectivity index (χ1n) is 11.0. The third-order valence-corrected chi connectivity index (χ3v) is 6.55. The zero-order valence-corrected chi connectivity index (χ0v) is 20.1. The summed E-state index contributed by atoms with van der Waals surface area (Å²) in [4.78, 5) is 52.9. The van der Waals surface area contributed by atoms with Crippen molar-refractivity contribution in [1.82, 2.24) is 9.80 Å². The minimum Gasteiger partial charge on any atom is -0.497 e. The van der Waals surface area contributed by atoms with Crippen molar-refractivity contribution in [2.24, 2.45) is 0 Å². The Morgan fingerprint density at radius 3 is 2.34 bits per heavy atom. The molecule has 35 heavy (non-hydrogen) atoms. The number of hydrogen-bond donors (Lipinski definition) is 0. The molecule has 0 spiro atoms. The lowest BCUT2D eigenvalue weighted by molar-refractivity contribution is -0.135. The van der Waals surface area contributed by atoms with Crippen LogP contribution in [0.4, 0.5) is 4.79 Å². The third kappa shape index (κ3) is 5.48. The van der Waals surface area contributed by atoms with Crippen LogP contribution < -0.4 is 14.2 Å². The van der Waals surface area contributed by atoms with Crippen molar-refractivity contribution in [3.05, 3.63) is 58.5 Å². The molecule has 2 aliphatic rings. The Bertz CT molecular complexity index is 1190. The number of ether oxygens (including phenoxy) is 3.